The quantitative estimate of drug-likeness (QED) is 0.584. The number of nitrogens with zero attached hydrogens (tertiary/aromatic N) is 1. The van der Waals surface area contributed by atoms with E-state index in [0.29, 0.717) is 10.2 Å². The lowest BCUT2D eigenvalue weighted by Crippen LogP contribution is -1.93. The van der Waals surface area contributed by atoms with Crippen LogP contribution in [0.5, 0.6) is 0 Å². The first-order valence-electron chi connectivity index (χ1n) is 2.93. The number of hydrogen-bond acceptors (Lipinski definition) is 2. The second kappa shape index (κ2) is 3.45. The number of aromatic nitrogens is 1. The molecule has 0 aliphatic heterocycles. The summed E-state index contributed by atoms with van der Waals surface area (Å²) in [5.74, 6) is 0.0192. The zero-order chi connectivity index (χ0) is 8.43. The molecule has 0 fully saturated rings. The smallest absolute Gasteiger partial charge is 0.161 e. The molecule has 4 heteroatoms. The second-order valence-corrected chi connectivity index (χ2v) is 3.66. The predicted octanol–water partition coefficient (Wildman–Crippen LogP) is 2.81. The van der Waals surface area contributed by atoms with E-state index >= 15 is 0 Å². The first kappa shape index (κ1) is 8.87. The summed E-state index contributed by atoms with van der Waals surface area (Å²) in [5, 5.41) is 0. The Kier molecular flexibility index (Phi) is 2.78. The van der Waals surface area contributed by atoms with Gasteiger partial charge in [0, 0.05) is 11.8 Å². The normalized spacial score (nSPS) is 9.73. The highest BCUT2D eigenvalue weighted by Crippen LogP contribution is 2.20. The highest BCUT2D eigenvalue weighted by molar-refractivity contribution is 9.13. The summed E-state index contributed by atoms with van der Waals surface area (Å²) in [6.45, 7) is 1.51. The molecular weight excluding hydrogens is 274 g/mol. The summed E-state index contributed by atoms with van der Waals surface area (Å²) in [7, 11) is 0. The monoisotopic (exact) mass is 277 g/mol. The van der Waals surface area contributed by atoms with Gasteiger partial charge in [-0.15, -0.1) is 0 Å². The predicted molar refractivity (Wildman–Crippen MR) is 49.6 cm³/mol. The molecule has 0 radical (unpaired) electrons. The molecule has 0 aliphatic rings. The first-order valence-corrected chi connectivity index (χ1v) is 4.52. The van der Waals surface area contributed by atoms with Crippen molar-refractivity contribution in [2.45, 2.75) is 6.92 Å². The number of halogens is 2. The number of Topliss-reactive ketones (excluding diaryl/α,β-unsaturated/α-hetero) is 1. The zero-order valence-electron chi connectivity index (χ0n) is 5.77. The lowest BCUT2D eigenvalue weighted by molar-refractivity contribution is 0.101. The van der Waals surface area contributed by atoms with Crippen molar-refractivity contribution in [3.05, 3.63) is 26.9 Å². The molecule has 58 valence electrons. The fraction of sp³-hybridized carbons (Fsp3) is 0.143. The average Bonchev–Trinajstić information content (AvgIpc) is 1.94. The molecule has 0 saturated carbocycles. The van der Waals surface area contributed by atoms with Crippen LogP contribution >= 0.6 is 31.9 Å². The van der Waals surface area contributed by atoms with Crippen molar-refractivity contribution in [1.29, 1.82) is 0 Å². The van der Waals surface area contributed by atoms with Gasteiger partial charge in [0.1, 0.15) is 4.60 Å². The van der Waals surface area contributed by atoms with Gasteiger partial charge in [-0.1, -0.05) is 0 Å². The molecule has 1 heterocycles. The Hall–Kier alpha value is -0.220. The Labute approximate surface area is 81.3 Å². The van der Waals surface area contributed by atoms with Gasteiger partial charge in [-0.05, 0) is 44.8 Å². The number of hydrogen-bond donors (Lipinski definition) is 0. The molecule has 1 aromatic heterocycles. The van der Waals surface area contributed by atoms with Crippen molar-refractivity contribution >= 4 is 37.6 Å². The Morgan fingerprint density at radius 3 is 2.64 bits per heavy atom. The van der Waals surface area contributed by atoms with E-state index in [9.17, 15) is 4.79 Å². The summed E-state index contributed by atoms with van der Waals surface area (Å²) in [6, 6.07) is 1.74. The minimum absolute atomic E-state index is 0.0192. The Bertz CT molecular complexity index is 298. The van der Waals surface area contributed by atoms with E-state index in [2.05, 4.69) is 36.8 Å². The van der Waals surface area contributed by atoms with Crippen LogP contribution in [0.1, 0.15) is 17.3 Å². The molecule has 0 amide bonds. The number of rotatable bonds is 1. The fourth-order valence-electron chi connectivity index (χ4n) is 0.614. The van der Waals surface area contributed by atoms with Crippen LogP contribution in [0.15, 0.2) is 21.3 Å². The maximum atomic E-state index is 10.8. The van der Waals surface area contributed by atoms with Crippen LogP contribution in [0.4, 0.5) is 0 Å². The third-order valence-corrected chi connectivity index (χ3v) is 2.97. The third kappa shape index (κ3) is 2.10. The largest absolute Gasteiger partial charge is 0.294 e. The molecular formula is C7H5Br2NO. The molecule has 0 bridgehead atoms. The van der Waals surface area contributed by atoms with Crippen LogP contribution < -0.4 is 0 Å². The van der Waals surface area contributed by atoms with Gasteiger partial charge in [-0.3, -0.25) is 4.79 Å². The molecule has 2 nitrogen and oxygen atoms in total. The minimum Gasteiger partial charge on any atom is -0.294 e. The van der Waals surface area contributed by atoms with E-state index in [1.165, 1.54) is 13.1 Å². The van der Waals surface area contributed by atoms with Crippen molar-refractivity contribution < 1.29 is 4.79 Å². The van der Waals surface area contributed by atoms with Crippen molar-refractivity contribution in [2.75, 3.05) is 0 Å². The topological polar surface area (TPSA) is 30.0 Å². The van der Waals surface area contributed by atoms with Crippen molar-refractivity contribution in [1.82, 2.24) is 4.98 Å². The van der Waals surface area contributed by atoms with Gasteiger partial charge in [0.2, 0.25) is 0 Å². The Morgan fingerprint density at radius 2 is 2.18 bits per heavy atom. The lowest BCUT2D eigenvalue weighted by Gasteiger charge is -1.96. The maximum Gasteiger partial charge on any atom is 0.161 e. The van der Waals surface area contributed by atoms with Gasteiger partial charge in [0.25, 0.3) is 0 Å². The van der Waals surface area contributed by atoms with E-state index in [-0.39, 0.29) is 5.78 Å². The van der Waals surface area contributed by atoms with Crippen LogP contribution in [0.25, 0.3) is 0 Å². The average molecular weight is 279 g/mol. The standard InChI is InChI=1S/C7H5Br2NO/c1-4(11)5-2-6(8)7(9)10-3-5/h2-3H,1H3. The van der Waals surface area contributed by atoms with Gasteiger partial charge in [0.05, 0.1) is 4.47 Å². The van der Waals surface area contributed by atoms with Gasteiger partial charge in [-0.2, -0.15) is 0 Å². The molecule has 0 aromatic carbocycles. The van der Waals surface area contributed by atoms with Crippen molar-refractivity contribution in [2.24, 2.45) is 0 Å². The highest BCUT2D eigenvalue weighted by Gasteiger charge is 2.02. The van der Waals surface area contributed by atoms with E-state index < -0.39 is 0 Å². The molecule has 0 spiro atoms. The van der Waals surface area contributed by atoms with Crippen LogP contribution in [0.2, 0.25) is 0 Å². The van der Waals surface area contributed by atoms with E-state index in [0.717, 1.165) is 4.47 Å². The van der Waals surface area contributed by atoms with Crippen LogP contribution in [-0.2, 0) is 0 Å². The zero-order valence-corrected chi connectivity index (χ0v) is 8.94. The second-order valence-electron chi connectivity index (χ2n) is 2.05. The Morgan fingerprint density at radius 1 is 1.55 bits per heavy atom. The maximum absolute atomic E-state index is 10.8. The van der Waals surface area contributed by atoms with Crippen molar-refractivity contribution in [3.8, 4) is 0 Å². The lowest BCUT2D eigenvalue weighted by atomic mass is 10.2. The highest BCUT2D eigenvalue weighted by atomic mass is 79.9. The van der Waals surface area contributed by atoms with E-state index in [1.807, 2.05) is 0 Å². The number of pyridine rings is 1. The molecule has 0 atom stereocenters. The number of ketones is 1. The van der Waals surface area contributed by atoms with Gasteiger partial charge < -0.3 is 0 Å². The summed E-state index contributed by atoms with van der Waals surface area (Å²) >= 11 is 6.46. The third-order valence-electron chi connectivity index (χ3n) is 1.20. The summed E-state index contributed by atoms with van der Waals surface area (Å²) in [6.07, 6.45) is 1.54. The van der Waals surface area contributed by atoms with Gasteiger partial charge >= 0.3 is 0 Å². The molecule has 0 N–H and O–H groups in total. The number of carbonyl (C=O) groups is 1. The molecule has 0 unspecified atom stereocenters. The Balaban J connectivity index is 3.15. The van der Waals surface area contributed by atoms with Crippen molar-refractivity contribution in [3.63, 3.8) is 0 Å². The SMILES string of the molecule is CC(=O)c1cnc(Br)c(Br)c1. The molecule has 1 rings (SSSR count). The fourth-order valence-corrected chi connectivity index (χ4v) is 1.18. The van der Waals surface area contributed by atoms with Gasteiger partial charge in [0.15, 0.2) is 5.78 Å². The minimum atomic E-state index is 0.0192. The van der Waals surface area contributed by atoms with E-state index in [1.54, 1.807) is 6.07 Å². The molecule has 0 saturated heterocycles. The van der Waals surface area contributed by atoms with Crippen LogP contribution in [-0.4, -0.2) is 10.8 Å². The van der Waals surface area contributed by atoms with Crippen LogP contribution in [0, 0.1) is 0 Å². The summed E-state index contributed by atoms with van der Waals surface area (Å²) in [5.41, 5.74) is 0.611. The summed E-state index contributed by atoms with van der Waals surface area (Å²) < 4.78 is 1.51. The van der Waals surface area contributed by atoms with Gasteiger partial charge in [-0.25, -0.2) is 4.98 Å². The summed E-state index contributed by atoms with van der Waals surface area (Å²) in [4.78, 5) is 14.8. The van der Waals surface area contributed by atoms with Crippen LogP contribution in [0.3, 0.4) is 0 Å². The molecule has 11 heavy (non-hydrogen) atoms. The van der Waals surface area contributed by atoms with E-state index in [4.69, 9.17) is 0 Å². The first-order chi connectivity index (χ1) is 5.11. The number of carbonyl (C=O) groups excluding carboxylic acids is 1. The molecule has 0 aliphatic carbocycles. The molecule has 1 aromatic rings.